The van der Waals surface area contributed by atoms with Crippen LogP contribution in [-0.2, 0) is 54.6 Å². The predicted molar refractivity (Wildman–Crippen MR) is 12.8 cm³/mol. The minimum Gasteiger partial charge on any atom is -0.358 e. The van der Waals surface area contributed by atoms with Crippen molar-refractivity contribution in [3.63, 3.8) is 0 Å². The molecule has 0 heterocycles. The first-order valence-electron chi connectivity index (χ1n) is 0. The van der Waals surface area contributed by atoms with Crippen LogP contribution in [0.4, 0.5) is 0 Å². The molecule has 0 aromatic carbocycles. The van der Waals surface area contributed by atoms with E-state index in [1.54, 1.807) is 0 Å². The molecule has 0 rings (SSSR count). The minimum atomic E-state index is 0. The van der Waals surface area contributed by atoms with Crippen molar-refractivity contribution >= 4 is 0 Å². The molecule has 0 spiro atoms. The molecule has 0 aliphatic heterocycles. The maximum atomic E-state index is 0. The predicted octanol–water partition coefficient (Wildman–Crippen LogP) is 0.896. The van der Waals surface area contributed by atoms with Gasteiger partial charge in [-0.25, -0.2) is 0 Å². The van der Waals surface area contributed by atoms with Crippen LogP contribution in [0.15, 0.2) is 0 Å². The Morgan fingerprint density at radius 1 is 0.750 bits per heavy atom. The molecule has 0 aliphatic rings. The Hall–Kier alpha value is 1.84. The van der Waals surface area contributed by atoms with E-state index in [2.05, 4.69) is 0 Å². The average Bonchev–Trinajstić information content (AvgIpc) is 0. The Morgan fingerprint density at radius 2 is 0.750 bits per heavy atom. The molecule has 0 atom stereocenters. The van der Waals surface area contributed by atoms with Crippen LogP contribution in [0.25, 0.3) is 0 Å². The second kappa shape index (κ2) is 21.0. The van der Waals surface area contributed by atoms with Crippen molar-refractivity contribution in [2.24, 2.45) is 0 Å². The van der Waals surface area contributed by atoms with E-state index < -0.39 is 0 Å². The van der Waals surface area contributed by atoms with Crippen molar-refractivity contribution < 1.29 is 54.6 Å². The van der Waals surface area contributed by atoms with Gasteiger partial charge in [-0.2, -0.15) is 0 Å². The third kappa shape index (κ3) is 9.14. The smallest absolute Gasteiger partial charge is 0.358 e. The minimum absolute atomic E-state index is 0. The summed E-state index contributed by atoms with van der Waals surface area (Å²) >= 11 is 0. The maximum Gasteiger partial charge on any atom is 2.00 e. The van der Waals surface area contributed by atoms with E-state index in [0.29, 0.717) is 0 Å². The summed E-state index contributed by atoms with van der Waals surface area (Å²) in [4.78, 5) is 0. The van der Waals surface area contributed by atoms with Crippen LogP contribution in [0, 0.1) is 14.9 Å². The van der Waals surface area contributed by atoms with E-state index in [4.69, 9.17) is 0 Å². The summed E-state index contributed by atoms with van der Waals surface area (Å²) in [5.74, 6) is 0. The molecule has 0 aromatic rings. The Morgan fingerprint density at radius 3 is 0.750 bits per heavy atom. The van der Waals surface area contributed by atoms with Gasteiger partial charge in [-0.05, 0) is 0 Å². The Labute approximate surface area is 68.7 Å². The first-order chi connectivity index (χ1) is 0. The Kier molecular flexibility index (Phi) is 212. The fourth-order valence-corrected chi connectivity index (χ4v) is 0. The normalized spacial score (nSPS) is 0. The van der Waals surface area contributed by atoms with Crippen molar-refractivity contribution in [3.8, 4) is 0 Å². The molecule has 4 heavy (non-hydrogen) atoms. The molecule has 2 heteroatoms. The zero-order valence-corrected chi connectivity index (χ0v) is 11.5. The summed E-state index contributed by atoms with van der Waals surface area (Å²) in [6.07, 6.45) is 0. The third-order valence-electron chi connectivity index (χ3n) is 0. The summed E-state index contributed by atoms with van der Waals surface area (Å²) in [6, 6.07) is 0. The van der Waals surface area contributed by atoms with Crippen LogP contribution < -0.4 is 0 Å². The molecule has 0 fully saturated rings. The van der Waals surface area contributed by atoms with Gasteiger partial charge in [-0.3, -0.25) is 0 Å². The van der Waals surface area contributed by atoms with Crippen LogP contribution in [0.3, 0.4) is 0 Å². The van der Waals surface area contributed by atoms with Gasteiger partial charge in [-0.1, -0.05) is 0 Å². The first kappa shape index (κ1) is 40.3. The summed E-state index contributed by atoms with van der Waals surface area (Å²) in [5.41, 5.74) is 0. The largest absolute Gasteiger partial charge is 2.00 e. The molecule has 0 radical (unpaired) electrons. The topological polar surface area (TPSA) is 0 Å². The van der Waals surface area contributed by atoms with Crippen LogP contribution >= 0.6 is 0 Å². The van der Waals surface area contributed by atoms with Crippen molar-refractivity contribution in [2.45, 2.75) is 0 Å². The average molecular weight is 255 g/mol. The van der Waals surface area contributed by atoms with E-state index in [1.807, 2.05) is 0 Å². The van der Waals surface area contributed by atoms with Gasteiger partial charge < -0.3 is 14.9 Å². The van der Waals surface area contributed by atoms with Crippen LogP contribution in [0.5, 0.6) is 0 Å². The molecule has 0 aromatic heterocycles. The van der Waals surface area contributed by atoms with E-state index in [0.717, 1.165) is 0 Å². The summed E-state index contributed by atoms with van der Waals surface area (Å²) < 4.78 is 0. The molecule has 0 bridgehead atoms. The molecular formula is C2H6Cd2. The number of hydrogen-bond donors (Lipinski definition) is 0. The summed E-state index contributed by atoms with van der Waals surface area (Å²) in [7, 11) is 0. The Balaban J connectivity index is 0. The van der Waals surface area contributed by atoms with E-state index >= 15 is 0 Å². The fourth-order valence-electron chi connectivity index (χ4n) is 0. The van der Waals surface area contributed by atoms with Gasteiger partial charge in [0.15, 0.2) is 0 Å². The van der Waals surface area contributed by atoms with Gasteiger partial charge in [0.05, 0.1) is 0 Å². The van der Waals surface area contributed by atoms with Crippen molar-refractivity contribution in [1.29, 1.82) is 0 Å². The number of hydrogen-bond acceptors (Lipinski definition) is 0. The maximum absolute atomic E-state index is 0. The third-order valence-corrected chi connectivity index (χ3v) is 0. The zero-order chi connectivity index (χ0) is 0. The second-order valence-corrected chi connectivity index (χ2v) is 0. The summed E-state index contributed by atoms with van der Waals surface area (Å²) in [6.45, 7) is 0. The molecule has 0 amide bonds. The van der Waals surface area contributed by atoms with Gasteiger partial charge in [0.1, 0.15) is 0 Å². The molecule has 0 N–H and O–H groups in total. The van der Waals surface area contributed by atoms with Gasteiger partial charge in [0.25, 0.3) is 0 Å². The molecule has 0 saturated heterocycles. The molecule has 18 valence electrons. The van der Waals surface area contributed by atoms with Gasteiger partial charge in [0, 0.05) is 27.3 Å². The second-order valence-electron chi connectivity index (χ2n) is 0. The molecule has 0 unspecified atom stereocenters. The standard InChI is InChI=1S/2CH3.2Cd/h2*1H3;;/q2*-1;;+2. The zero-order valence-electron chi connectivity index (χ0n) is 3.41. The number of rotatable bonds is 0. The van der Waals surface area contributed by atoms with Crippen molar-refractivity contribution in [3.05, 3.63) is 14.9 Å². The first-order valence-corrected chi connectivity index (χ1v) is 0. The quantitative estimate of drug-likeness (QED) is 0.445. The van der Waals surface area contributed by atoms with Crippen LogP contribution in [0.2, 0.25) is 0 Å². The van der Waals surface area contributed by atoms with Gasteiger partial charge in [-0.15, -0.1) is 0 Å². The van der Waals surface area contributed by atoms with Crippen molar-refractivity contribution in [1.82, 2.24) is 0 Å². The SMILES string of the molecule is [CH3-].[CH3-].[Cd+2].[Cd]. The Bertz CT molecular complexity index is 4.00. The molecule has 0 aliphatic carbocycles. The van der Waals surface area contributed by atoms with Crippen molar-refractivity contribution in [2.75, 3.05) is 0 Å². The van der Waals surface area contributed by atoms with Crippen LogP contribution in [0.1, 0.15) is 0 Å². The van der Waals surface area contributed by atoms with Crippen LogP contribution in [-0.4, -0.2) is 0 Å². The molecule has 0 saturated carbocycles. The van der Waals surface area contributed by atoms with E-state index in [1.165, 1.54) is 0 Å². The molecular weight excluding hydrogens is 249 g/mol. The summed E-state index contributed by atoms with van der Waals surface area (Å²) in [5, 5.41) is 0. The van der Waals surface area contributed by atoms with E-state index in [-0.39, 0.29) is 69.5 Å². The van der Waals surface area contributed by atoms with Gasteiger partial charge >= 0.3 is 27.3 Å². The fraction of sp³-hybridized carbons (Fsp3) is 0. The monoisotopic (exact) mass is 258 g/mol. The van der Waals surface area contributed by atoms with E-state index in [9.17, 15) is 0 Å². The van der Waals surface area contributed by atoms with Gasteiger partial charge in [0.2, 0.25) is 0 Å². The molecule has 0 nitrogen and oxygen atoms in total.